The van der Waals surface area contributed by atoms with Crippen LogP contribution in [0.15, 0.2) is 18.5 Å². The Hall–Kier alpha value is -1.53. The molecule has 2 aromatic heterocycles. The van der Waals surface area contributed by atoms with E-state index >= 15 is 0 Å². The first-order valence-corrected chi connectivity index (χ1v) is 5.21. The molecule has 0 radical (unpaired) electrons. The Balaban J connectivity index is 2.48. The predicted octanol–water partition coefficient (Wildman–Crippen LogP) is 1.26. The van der Waals surface area contributed by atoms with E-state index in [1.165, 1.54) is 4.68 Å². The second-order valence-electron chi connectivity index (χ2n) is 3.11. The fraction of sp³-hybridized carbons (Fsp3) is 0.111. The number of hydrogen-bond acceptors (Lipinski definition) is 4. The number of halogens is 1. The highest BCUT2D eigenvalue weighted by Gasteiger charge is 2.07. The molecule has 16 heavy (non-hydrogen) atoms. The number of rotatable bonds is 2. The van der Waals surface area contributed by atoms with E-state index in [2.05, 4.69) is 15.1 Å². The number of nitrogens with two attached hydrogens (primary N) is 1. The van der Waals surface area contributed by atoms with Crippen molar-refractivity contribution in [2.24, 2.45) is 5.73 Å². The van der Waals surface area contributed by atoms with Crippen molar-refractivity contribution in [3.8, 4) is 5.95 Å². The lowest BCUT2D eigenvalue weighted by molar-refractivity contribution is 0.795. The van der Waals surface area contributed by atoms with Crippen LogP contribution in [0.2, 0.25) is 5.02 Å². The van der Waals surface area contributed by atoms with Gasteiger partial charge < -0.3 is 5.73 Å². The lowest BCUT2D eigenvalue weighted by Gasteiger charge is -2.01. The van der Waals surface area contributed by atoms with Gasteiger partial charge in [0.15, 0.2) is 0 Å². The maximum absolute atomic E-state index is 5.89. The van der Waals surface area contributed by atoms with Crippen LogP contribution in [0.1, 0.15) is 11.4 Å². The van der Waals surface area contributed by atoms with Crippen molar-refractivity contribution in [2.75, 3.05) is 0 Å². The molecule has 5 nitrogen and oxygen atoms in total. The molecule has 0 unspecified atom stereocenters. The van der Waals surface area contributed by atoms with Crippen molar-refractivity contribution in [3.63, 3.8) is 0 Å². The molecule has 0 spiro atoms. The molecule has 2 N–H and O–H groups in total. The highest BCUT2D eigenvalue weighted by atomic mass is 35.5. The summed E-state index contributed by atoms with van der Waals surface area (Å²) in [6, 6.07) is 1.64. The summed E-state index contributed by atoms with van der Waals surface area (Å²) in [7, 11) is 0. The van der Waals surface area contributed by atoms with Crippen molar-refractivity contribution >= 4 is 28.8 Å². The highest BCUT2D eigenvalue weighted by Crippen LogP contribution is 2.14. The van der Waals surface area contributed by atoms with Crippen molar-refractivity contribution in [2.45, 2.75) is 6.92 Å². The molecule has 0 fully saturated rings. The van der Waals surface area contributed by atoms with Gasteiger partial charge in [-0.25, -0.2) is 14.6 Å². The average Bonchev–Trinajstić information content (AvgIpc) is 2.59. The summed E-state index contributed by atoms with van der Waals surface area (Å²) in [5.74, 6) is 0.389. The minimum Gasteiger partial charge on any atom is -0.388 e. The molecule has 0 saturated carbocycles. The number of aromatic nitrogens is 4. The van der Waals surface area contributed by atoms with Gasteiger partial charge in [-0.05, 0) is 13.0 Å². The molecule has 0 bridgehead atoms. The van der Waals surface area contributed by atoms with E-state index in [1.807, 2.05) is 0 Å². The summed E-state index contributed by atoms with van der Waals surface area (Å²) >= 11 is 10.7. The molecule has 2 heterocycles. The third kappa shape index (κ3) is 2.02. The largest absolute Gasteiger partial charge is 0.388 e. The summed E-state index contributed by atoms with van der Waals surface area (Å²) in [6.45, 7) is 1.80. The van der Waals surface area contributed by atoms with E-state index < -0.39 is 0 Å². The minimum absolute atomic E-state index is 0.221. The third-order valence-corrected chi connectivity index (χ3v) is 2.52. The third-order valence-electron chi connectivity index (χ3n) is 1.94. The zero-order valence-corrected chi connectivity index (χ0v) is 9.96. The maximum Gasteiger partial charge on any atom is 0.251 e. The second-order valence-corrected chi connectivity index (χ2v) is 3.96. The Kier molecular flexibility index (Phi) is 2.84. The van der Waals surface area contributed by atoms with E-state index in [0.717, 1.165) is 0 Å². The number of hydrogen-bond donors (Lipinski definition) is 1. The van der Waals surface area contributed by atoms with Gasteiger partial charge in [-0.3, -0.25) is 0 Å². The first kappa shape index (κ1) is 11.0. The maximum atomic E-state index is 5.89. The smallest absolute Gasteiger partial charge is 0.251 e. The summed E-state index contributed by atoms with van der Waals surface area (Å²) in [6.07, 6.45) is 3.21. The molecule has 0 aromatic carbocycles. The van der Waals surface area contributed by atoms with E-state index in [4.69, 9.17) is 29.6 Å². The summed E-state index contributed by atoms with van der Waals surface area (Å²) < 4.78 is 1.49. The Labute approximate surface area is 102 Å². The molecule has 0 aliphatic carbocycles. The Morgan fingerprint density at radius 3 is 2.88 bits per heavy atom. The monoisotopic (exact) mass is 253 g/mol. The standard InChI is InChI=1S/C9H8ClN5S/c1-5-6(10)4-15(14-5)9-12-3-2-7(13-9)8(11)16/h2-4H,1H3,(H2,11,16). The van der Waals surface area contributed by atoms with Crippen LogP contribution in [0.4, 0.5) is 0 Å². The molecule has 0 aliphatic heterocycles. The fourth-order valence-corrected chi connectivity index (χ4v) is 1.38. The molecule has 82 valence electrons. The second kappa shape index (κ2) is 4.15. The lowest BCUT2D eigenvalue weighted by atomic mass is 10.4. The van der Waals surface area contributed by atoms with E-state index in [1.54, 1.807) is 25.4 Å². The number of nitrogens with zero attached hydrogens (tertiary/aromatic N) is 4. The molecule has 0 aliphatic rings. The molecule has 2 rings (SSSR count). The SMILES string of the molecule is Cc1nn(-c2nccc(C(N)=S)n2)cc1Cl. The van der Waals surface area contributed by atoms with Crippen LogP contribution in [0, 0.1) is 6.92 Å². The molecular formula is C9H8ClN5S. The van der Waals surface area contributed by atoms with Gasteiger partial charge in [0.1, 0.15) is 10.7 Å². The van der Waals surface area contributed by atoms with Gasteiger partial charge in [0.2, 0.25) is 0 Å². The summed E-state index contributed by atoms with van der Waals surface area (Å²) in [4.78, 5) is 8.44. The Morgan fingerprint density at radius 1 is 1.56 bits per heavy atom. The van der Waals surface area contributed by atoms with Crippen LogP contribution in [-0.4, -0.2) is 24.7 Å². The summed E-state index contributed by atoms with van der Waals surface area (Å²) in [5, 5.41) is 4.72. The van der Waals surface area contributed by atoms with Crippen LogP contribution in [-0.2, 0) is 0 Å². The predicted molar refractivity (Wildman–Crippen MR) is 64.8 cm³/mol. The Morgan fingerprint density at radius 2 is 2.31 bits per heavy atom. The number of thiocarbonyl (C=S) groups is 1. The van der Waals surface area contributed by atoms with E-state index in [9.17, 15) is 0 Å². The van der Waals surface area contributed by atoms with Crippen molar-refractivity contribution in [1.29, 1.82) is 0 Å². The topological polar surface area (TPSA) is 69.6 Å². The summed E-state index contributed by atoms with van der Waals surface area (Å²) in [5.41, 5.74) is 6.70. The zero-order chi connectivity index (χ0) is 11.7. The van der Waals surface area contributed by atoms with Crippen LogP contribution in [0.25, 0.3) is 5.95 Å². The van der Waals surface area contributed by atoms with Gasteiger partial charge in [0, 0.05) is 6.20 Å². The van der Waals surface area contributed by atoms with Crippen LogP contribution in [0.5, 0.6) is 0 Å². The van der Waals surface area contributed by atoms with Gasteiger partial charge in [-0.2, -0.15) is 5.10 Å². The lowest BCUT2D eigenvalue weighted by Crippen LogP contribution is -2.14. The zero-order valence-electron chi connectivity index (χ0n) is 8.38. The van der Waals surface area contributed by atoms with Crippen LogP contribution < -0.4 is 5.73 Å². The first-order chi connectivity index (χ1) is 7.58. The van der Waals surface area contributed by atoms with Gasteiger partial charge in [-0.15, -0.1) is 0 Å². The fourth-order valence-electron chi connectivity index (χ4n) is 1.14. The van der Waals surface area contributed by atoms with Crippen molar-refractivity contribution in [3.05, 3.63) is 34.9 Å². The number of aryl methyl sites for hydroxylation is 1. The first-order valence-electron chi connectivity index (χ1n) is 4.43. The van der Waals surface area contributed by atoms with Gasteiger partial charge in [0.05, 0.1) is 16.9 Å². The van der Waals surface area contributed by atoms with Gasteiger partial charge in [-0.1, -0.05) is 23.8 Å². The molecule has 0 atom stereocenters. The van der Waals surface area contributed by atoms with E-state index in [0.29, 0.717) is 22.4 Å². The minimum atomic E-state index is 0.221. The molecular weight excluding hydrogens is 246 g/mol. The molecule has 0 saturated heterocycles. The van der Waals surface area contributed by atoms with Crippen molar-refractivity contribution in [1.82, 2.24) is 19.7 Å². The normalized spacial score (nSPS) is 10.4. The molecule has 0 amide bonds. The Bertz CT molecular complexity index is 531. The highest BCUT2D eigenvalue weighted by molar-refractivity contribution is 7.80. The molecule has 2 aromatic rings. The quantitative estimate of drug-likeness (QED) is 0.816. The van der Waals surface area contributed by atoms with Gasteiger partial charge >= 0.3 is 0 Å². The molecule has 7 heteroatoms. The van der Waals surface area contributed by atoms with Crippen LogP contribution >= 0.6 is 23.8 Å². The van der Waals surface area contributed by atoms with Crippen LogP contribution in [0.3, 0.4) is 0 Å². The van der Waals surface area contributed by atoms with Crippen molar-refractivity contribution < 1.29 is 0 Å². The van der Waals surface area contributed by atoms with E-state index in [-0.39, 0.29) is 4.99 Å². The van der Waals surface area contributed by atoms with Gasteiger partial charge in [0.25, 0.3) is 5.95 Å². The average molecular weight is 254 g/mol.